The van der Waals surface area contributed by atoms with E-state index < -0.39 is 21.8 Å². The van der Waals surface area contributed by atoms with E-state index in [9.17, 15) is 18.3 Å². The van der Waals surface area contributed by atoms with Crippen molar-refractivity contribution in [1.29, 1.82) is 0 Å². The second-order valence-corrected chi connectivity index (χ2v) is 6.92. The summed E-state index contributed by atoms with van der Waals surface area (Å²) >= 11 is 1.38. The molecule has 1 rings (SSSR count). The predicted molar refractivity (Wildman–Crippen MR) is 63.2 cm³/mol. The molecule has 1 heterocycles. The van der Waals surface area contributed by atoms with Crippen LogP contribution in [0.4, 0.5) is 0 Å². The highest BCUT2D eigenvalue weighted by Crippen LogP contribution is 2.31. The lowest BCUT2D eigenvalue weighted by molar-refractivity contribution is -0.143. The van der Waals surface area contributed by atoms with Crippen LogP contribution in [0.3, 0.4) is 0 Å². The van der Waals surface area contributed by atoms with Crippen molar-refractivity contribution in [3.8, 4) is 0 Å². The summed E-state index contributed by atoms with van der Waals surface area (Å²) in [5.74, 6) is -0.908. The molecular formula is C9H16O6S2. The fourth-order valence-electron chi connectivity index (χ4n) is 1.47. The van der Waals surface area contributed by atoms with E-state index in [1.54, 1.807) is 0 Å². The van der Waals surface area contributed by atoms with E-state index in [4.69, 9.17) is 9.29 Å². The van der Waals surface area contributed by atoms with Crippen LogP contribution < -0.4 is 0 Å². The molecule has 0 aliphatic carbocycles. The van der Waals surface area contributed by atoms with Gasteiger partial charge < -0.3 is 9.84 Å². The molecule has 0 amide bonds. The summed E-state index contributed by atoms with van der Waals surface area (Å²) in [7, 11) is -4.00. The molecular weight excluding hydrogens is 268 g/mol. The fraction of sp³-hybridized carbons (Fsp3) is 0.889. The van der Waals surface area contributed by atoms with Crippen molar-refractivity contribution in [3.05, 3.63) is 0 Å². The molecule has 2 N–H and O–H groups in total. The Bertz CT molecular complexity index is 352. The molecule has 2 unspecified atom stereocenters. The molecule has 0 spiro atoms. The first-order valence-corrected chi connectivity index (χ1v) is 7.86. The Balaban J connectivity index is 2.09. The third-order valence-corrected chi connectivity index (χ3v) is 4.41. The van der Waals surface area contributed by atoms with Gasteiger partial charge in [0.1, 0.15) is 6.61 Å². The average molecular weight is 284 g/mol. The maximum atomic E-state index is 11.2. The molecule has 0 radical (unpaired) electrons. The second kappa shape index (κ2) is 6.58. The van der Waals surface area contributed by atoms with Gasteiger partial charge in [-0.2, -0.15) is 8.42 Å². The molecule has 1 aliphatic heterocycles. The molecule has 0 aromatic rings. The Kier molecular flexibility index (Phi) is 5.71. The molecule has 1 saturated heterocycles. The molecule has 0 aromatic carbocycles. The van der Waals surface area contributed by atoms with Gasteiger partial charge in [-0.25, -0.2) is 0 Å². The highest BCUT2D eigenvalue weighted by Gasteiger charge is 2.24. The van der Waals surface area contributed by atoms with Gasteiger partial charge in [-0.05, 0) is 19.3 Å². The average Bonchev–Trinajstić information content (AvgIpc) is 2.59. The van der Waals surface area contributed by atoms with Crippen LogP contribution in [0.2, 0.25) is 0 Å². The number of thioether (sulfide) groups is 1. The smallest absolute Gasteiger partial charge is 0.305 e. The Labute approximate surface area is 104 Å². The molecule has 17 heavy (non-hydrogen) atoms. The number of aliphatic hydroxyl groups excluding tert-OH is 1. The van der Waals surface area contributed by atoms with Crippen LogP contribution in [0.5, 0.6) is 0 Å². The van der Waals surface area contributed by atoms with Gasteiger partial charge in [0.2, 0.25) is 0 Å². The van der Waals surface area contributed by atoms with E-state index in [1.165, 1.54) is 11.8 Å². The molecule has 0 aromatic heterocycles. The van der Waals surface area contributed by atoms with Crippen molar-refractivity contribution in [1.82, 2.24) is 0 Å². The summed E-state index contributed by atoms with van der Waals surface area (Å²) in [6, 6.07) is 0. The molecule has 1 aliphatic rings. The largest absolute Gasteiger partial charge is 0.464 e. The lowest BCUT2D eigenvalue weighted by atomic mass is 10.2. The van der Waals surface area contributed by atoms with E-state index in [1.807, 2.05) is 0 Å². The predicted octanol–water partition coefficient (Wildman–Crippen LogP) is 0.412. The van der Waals surface area contributed by atoms with Gasteiger partial charge in [0, 0.05) is 11.7 Å². The third kappa shape index (κ3) is 6.87. The van der Waals surface area contributed by atoms with E-state index >= 15 is 0 Å². The van der Waals surface area contributed by atoms with Crippen molar-refractivity contribution in [2.24, 2.45) is 0 Å². The quantitative estimate of drug-likeness (QED) is 0.538. The number of esters is 1. The normalized spacial score (nSPS) is 24.8. The highest BCUT2D eigenvalue weighted by molar-refractivity contribution is 8.00. The minimum absolute atomic E-state index is 0.0280. The number of rotatable bonds is 6. The van der Waals surface area contributed by atoms with Crippen LogP contribution in [0.15, 0.2) is 0 Å². The SMILES string of the molecule is O=C(CCCS(=O)(=O)O)OCC1CCC(O)S1. The highest BCUT2D eigenvalue weighted by atomic mass is 32.2. The third-order valence-electron chi connectivity index (χ3n) is 2.30. The van der Waals surface area contributed by atoms with Gasteiger partial charge in [0.05, 0.1) is 11.2 Å². The van der Waals surface area contributed by atoms with Crippen LogP contribution in [0.25, 0.3) is 0 Å². The van der Waals surface area contributed by atoms with Crippen LogP contribution in [-0.2, 0) is 19.6 Å². The zero-order valence-corrected chi connectivity index (χ0v) is 10.9. The van der Waals surface area contributed by atoms with E-state index in [2.05, 4.69) is 0 Å². The lowest BCUT2D eigenvalue weighted by Crippen LogP contribution is -2.15. The van der Waals surface area contributed by atoms with Gasteiger partial charge in [-0.15, -0.1) is 11.8 Å². The number of carbonyl (C=O) groups is 1. The summed E-state index contributed by atoms with van der Waals surface area (Å²) in [6.07, 6.45) is 1.54. The molecule has 1 fully saturated rings. The zero-order valence-electron chi connectivity index (χ0n) is 9.24. The molecule has 0 saturated carbocycles. The lowest BCUT2D eigenvalue weighted by Gasteiger charge is -2.09. The minimum Gasteiger partial charge on any atom is -0.464 e. The molecule has 0 bridgehead atoms. The van der Waals surface area contributed by atoms with Crippen molar-refractivity contribution in [2.45, 2.75) is 36.4 Å². The minimum atomic E-state index is -4.00. The standard InChI is InChI=1S/C9H16O6S2/c10-8(2-1-5-17(12,13)14)15-6-7-3-4-9(11)16-7/h7,9,11H,1-6H2,(H,12,13,14). The first-order chi connectivity index (χ1) is 7.87. The van der Waals surface area contributed by atoms with E-state index in [0.29, 0.717) is 6.42 Å². The monoisotopic (exact) mass is 284 g/mol. The number of aliphatic hydroxyl groups is 1. The second-order valence-electron chi connectivity index (χ2n) is 3.86. The van der Waals surface area contributed by atoms with Crippen molar-refractivity contribution in [3.63, 3.8) is 0 Å². The van der Waals surface area contributed by atoms with Gasteiger partial charge in [-0.3, -0.25) is 9.35 Å². The molecule has 100 valence electrons. The zero-order chi connectivity index (χ0) is 12.9. The Morgan fingerprint density at radius 3 is 2.65 bits per heavy atom. The first-order valence-electron chi connectivity index (χ1n) is 5.31. The van der Waals surface area contributed by atoms with Crippen LogP contribution >= 0.6 is 11.8 Å². The summed E-state index contributed by atoms with van der Waals surface area (Å²) in [4.78, 5) is 11.2. The van der Waals surface area contributed by atoms with Crippen molar-refractivity contribution in [2.75, 3.05) is 12.4 Å². The van der Waals surface area contributed by atoms with Gasteiger partial charge in [0.25, 0.3) is 10.1 Å². The summed E-state index contributed by atoms with van der Waals surface area (Å²) < 4.78 is 34.2. The Morgan fingerprint density at radius 1 is 1.41 bits per heavy atom. The van der Waals surface area contributed by atoms with E-state index in [0.717, 1.165) is 6.42 Å². The maximum Gasteiger partial charge on any atom is 0.305 e. The van der Waals surface area contributed by atoms with Gasteiger partial charge in [0.15, 0.2) is 0 Å². The fourth-order valence-corrected chi connectivity index (χ4v) is 3.11. The van der Waals surface area contributed by atoms with Gasteiger partial charge in [-0.1, -0.05) is 0 Å². The molecule has 6 nitrogen and oxygen atoms in total. The van der Waals surface area contributed by atoms with Crippen LogP contribution in [0.1, 0.15) is 25.7 Å². The summed E-state index contributed by atoms with van der Waals surface area (Å²) in [6.45, 7) is 0.242. The first kappa shape index (κ1) is 14.7. The molecule has 8 heteroatoms. The number of ether oxygens (including phenoxy) is 1. The maximum absolute atomic E-state index is 11.2. The Morgan fingerprint density at radius 2 is 2.12 bits per heavy atom. The van der Waals surface area contributed by atoms with E-state index in [-0.39, 0.29) is 30.1 Å². The van der Waals surface area contributed by atoms with Crippen molar-refractivity contribution < 1.29 is 27.6 Å². The number of carbonyl (C=O) groups excluding carboxylic acids is 1. The van der Waals surface area contributed by atoms with Crippen molar-refractivity contribution >= 4 is 27.8 Å². The number of hydrogen-bond acceptors (Lipinski definition) is 6. The Hall–Kier alpha value is -0.310. The topological polar surface area (TPSA) is 101 Å². The van der Waals surface area contributed by atoms with Crippen LogP contribution in [0, 0.1) is 0 Å². The summed E-state index contributed by atoms with van der Waals surface area (Å²) in [5, 5.41) is 9.34. The summed E-state index contributed by atoms with van der Waals surface area (Å²) in [5.41, 5.74) is -0.377. The van der Waals surface area contributed by atoms with Gasteiger partial charge >= 0.3 is 5.97 Å². The van der Waals surface area contributed by atoms with Crippen LogP contribution in [-0.4, -0.2) is 47.1 Å². The number of hydrogen-bond donors (Lipinski definition) is 2. The molecule has 2 atom stereocenters.